The SMILES string of the molecule is O=C(Cn1nc2c(cc1=O)CN(CCCC1CCCCC1)CC2)N1CCCC1. The van der Waals surface area contributed by atoms with Crippen molar-refractivity contribution in [3.8, 4) is 0 Å². The molecule has 1 aliphatic carbocycles. The third-order valence-electron chi connectivity index (χ3n) is 6.78. The second kappa shape index (κ2) is 9.21. The van der Waals surface area contributed by atoms with E-state index in [4.69, 9.17) is 0 Å². The number of carbonyl (C=O) groups is 1. The van der Waals surface area contributed by atoms with Gasteiger partial charge in [-0.05, 0) is 43.7 Å². The van der Waals surface area contributed by atoms with E-state index in [1.165, 1.54) is 49.6 Å². The number of fused-ring (bicyclic) bond motifs is 1. The number of amides is 1. The first-order valence-electron chi connectivity index (χ1n) is 11.3. The lowest BCUT2D eigenvalue weighted by Gasteiger charge is -2.29. The lowest BCUT2D eigenvalue weighted by Crippen LogP contribution is -2.38. The highest BCUT2D eigenvalue weighted by atomic mass is 16.2. The Morgan fingerprint density at radius 2 is 1.86 bits per heavy atom. The fraction of sp³-hybridized carbons (Fsp3) is 0.773. The molecular weight excluding hydrogens is 352 g/mol. The van der Waals surface area contributed by atoms with Crippen molar-refractivity contribution in [2.75, 3.05) is 26.2 Å². The predicted molar refractivity (Wildman–Crippen MR) is 109 cm³/mol. The van der Waals surface area contributed by atoms with Crippen LogP contribution in [0.1, 0.15) is 69.0 Å². The zero-order valence-electron chi connectivity index (χ0n) is 17.1. The van der Waals surface area contributed by atoms with Crippen LogP contribution < -0.4 is 5.56 Å². The molecular formula is C22H34N4O2. The molecule has 1 aromatic heterocycles. The summed E-state index contributed by atoms with van der Waals surface area (Å²) < 4.78 is 1.37. The summed E-state index contributed by atoms with van der Waals surface area (Å²) in [6.07, 6.45) is 12.7. The normalized spacial score (nSPS) is 21.1. The van der Waals surface area contributed by atoms with Crippen LogP contribution in [0.3, 0.4) is 0 Å². The summed E-state index contributed by atoms with van der Waals surface area (Å²) >= 11 is 0. The van der Waals surface area contributed by atoms with Gasteiger partial charge in [0, 0.05) is 38.7 Å². The van der Waals surface area contributed by atoms with Crippen LogP contribution in [-0.4, -0.2) is 51.7 Å². The molecule has 6 nitrogen and oxygen atoms in total. The maximum Gasteiger partial charge on any atom is 0.267 e. The molecule has 154 valence electrons. The van der Waals surface area contributed by atoms with Gasteiger partial charge in [-0.3, -0.25) is 14.5 Å². The number of likely N-dealkylation sites (tertiary alicyclic amines) is 1. The summed E-state index contributed by atoms with van der Waals surface area (Å²) in [7, 11) is 0. The van der Waals surface area contributed by atoms with Crippen LogP contribution in [0.15, 0.2) is 10.9 Å². The van der Waals surface area contributed by atoms with Gasteiger partial charge in [-0.25, -0.2) is 4.68 Å². The lowest BCUT2D eigenvalue weighted by molar-refractivity contribution is -0.131. The fourth-order valence-corrected chi connectivity index (χ4v) is 5.08. The average molecular weight is 387 g/mol. The Labute approximate surface area is 167 Å². The minimum Gasteiger partial charge on any atom is -0.341 e. The molecule has 2 aliphatic heterocycles. The van der Waals surface area contributed by atoms with Crippen molar-refractivity contribution < 1.29 is 4.79 Å². The third-order valence-corrected chi connectivity index (χ3v) is 6.78. The summed E-state index contributed by atoms with van der Waals surface area (Å²) in [4.78, 5) is 29.1. The fourth-order valence-electron chi connectivity index (χ4n) is 5.08. The highest BCUT2D eigenvalue weighted by Crippen LogP contribution is 2.27. The van der Waals surface area contributed by atoms with Crippen molar-refractivity contribution in [2.24, 2.45) is 5.92 Å². The molecule has 0 bridgehead atoms. The zero-order chi connectivity index (χ0) is 19.3. The molecule has 0 unspecified atom stereocenters. The Balaban J connectivity index is 1.31. The molecule has 2 fully saturated rings. The molecule has 0 aromatic carbocycles. The molecule has 6 heteroatoms. The molecule has 1 amide bonds. The average Bonchev–Trinajstić information content (AvgIpc) is 3.24. The summed E-state index contributed by atoms with van der Waals surface area (Å²) in [5, 5.41) is 4.54. The maximum atomic E-state index is 12.5. The van der Waals surface area contributed by atoms with Crippen LogP contribution in [0.4, 0.5) is 0 Å². The minimum absolute atomic E-state index is 0.0206. The van der Waals surface area contributed by atoms with E-state index in [-0.39, 0.29) is 18.0 Å². The van der Waals surface area contributed by atoms with Gasteiger partial charge in [0.1, 0.15) is 6.54 Å². The van der Waals surface area contributed by atoms with Crippen molar-refractivity contribution in [2.45, 2.75) is 77.3 Å². The van der Waals surface area contributed by atoms with Gasteiger partial charge in [-0.15, -0.1) is 0 Å². The van der Waals surface area contributed by atoms with Gasteiger partial charge in [0.2, 0.25) is 5.91 Å². The Morgan fingerprint density at radius 1 is 1.07 bits per heavy atom. The largest absolute Gasteiger partial charge is 0.341 e. The van der Waals surface area contributed by atoms with Crippen LogP contribution in [0.5, 0.6) is 0 Å². The Morgan fingerprint density at radius 3 is 2.64 bits per heavy atom. The van der Waals surface area contributed by atoms with Gasteiger partial charge in [-0.2, -0.15) is 5.10 Å². The van der Waals surface area contributed by atoms with Crippen molar-refractivity contribution in [3.63, 3.8) is 0 Å². The van der Waals surface area contributed by atoms with E-state index in [1.54, 1.807) is 6.07 Å². The smallest absolute Gasteiger partial charge is 0.267 e. The molecule has 1 saturated heterocycles. The van der Waals surface area contributed by atoms with E-state index in [0.717, 1.165) is 69.2 Å². The predicted octanol–water partition coefficient (Wildman–Crippen LogP) is 2.58. The number of hydrogen-bond acceptors (Lipinski definition) is 4. The van der Waals surface area contributed by atoms with Gasteiger partial charge in [0.15, 0.2) is 0 Å². The second-order valence-electron chi connectivity index (χ2n) is 8.87. The number of nitrogens with zero attached hydrogens (tertiary/aromatic N) is 4. The van der Waals surface area contributed by atoms with E-state index < -0.39 is 0 Å². The molecule has 0 atom stereocenters. The van der Waals surface area contributed by atoms with Crippen LogP contribution in [0, 0.1) is 5.92 Å². The summed E-state index contributed by atoms with van der Waals surface area (Å²) in [5.74, 6) is 0.958. The molecule has 28 heavy (non-hydrogen) atoms. The first-order valence-corrected chi connectivity index (χ1v) is 11.3. The first kappa shape index (κ1) is 19.6. The molecule has 0 spiro atoms. The monoisotopic (exact) mass is 386 g/mol. The number of rotatable bonds is 6. The van der Waals surface area contributed by atoms with Gasteiger partial charge < -0.3 is 4.90 Å². The quantitative estimate of drug-likeness (QED) is 0.754. The zero-order valence-corrected chi connectivity index (χ0v) is 17.1. The van der Waals surface area contributed by atoms with Crippen LogP contribution >= 0.6 is 0 Å². The molecule has 3 aliphatic rings. The molecule has 3 heterocycles. The van der Waals surface area contributed by atoms with E-state index in [2.05, 4.69) is 10.00 Å². The standard InChI is InChI=1S/C22H34N4O2/c27-21-15-19-16-24(11-6-9-18-7-2-1-3-8-18)14-10-20(19)23-26(21)17-22(28)25-12-4-5-13-25/h15,18H,1-14,16-17H2. The molecule has 0 radical (unpaired) electrons. The van der Waals surface area contributed by atoms with Crippen molar-refractivity contribution >= 4 is 5.91 Å². The highest BCUT2D eigenvalue weighted by molar-refractivity contribution is 5.76. The van der Waals surface area contributed by atoms with Crippen LogP contribution in [0.2, 0.25) is 0 Å². The molecule has 1 saturated carbocycles. The maximum absolute atomic E-state index is 12.5. The number of aromatic nitrogens is 2. The topological polar surface area (TPSA) is 58.4 Å². The third kappa shape index (κ3) is 4.83. The molecule has 0 N–H and O–H groups in total. The summed E-state index contributed by atoms with van der Waals surface area (Å²) in [6, 6.07) is 1.72. The summed E-state index contributed by atoms with van der Waals surface area (Å²) in [5.41, 5.74) is 1.91. The van der Waals surface area contributed by atoms with Crippen molar-refractivity contribution in [1.29, 1.82) is 0 Å². The van der Waals surface area contributed by atoms with Gasteiger partial charge >= 0.3 is 0 Å². The highest BCUT2D eigenvalue weighted by Gasteiger charge is 2.22. The van der Waals surface area contributed by atoms with E-state index in [0.29, 0.717) is 0 Å². The van der Waals surface area contributed by atoms with Crippen LogP contribution in [-0.2, 0) is 24.3 Å². The summed E-state index contributed by atoms with van der Waals surface area (Å²) in [6.45, 7) is 4.65. The Kier molecular flexibility index (Phi) is 6.45. The lowest BCUT2D eigenvalue weighted by atomic mass is 9.86. The molecule has 1 aromatic rings. The number of hydrogen-bond donors (Lipinski definition) is 0. The van der Waals surface area contributed by atoms with Gasteiger partial charge in [0.25, 0.3) is 5.56 Å². The van der Waals surface area contributed by atoms with E-state index in [9.17, 15) is 9.59 Å². The van der Waals surface area contributed by atoms with Crippen molar-refractivity contribution in [3.05, 3.63) is 27.7 Å². The van der Waals surface area contributed by atoms with E-state index in [1.807, 2.05) is 4.90 Å². The second-order valence-corrected chi connectivity index (χ2v) is 8.87. The van der Waals surface area contributed by atoms with E-state index >= 15 is 0 Å². The first-order chi connectivity index (χ1) is 13.7. The minimum atomic E-state index is -0.143. The van der Waals surface area contributed by atoms with Gasteiger partial charge in [-0.1, -0.05) is 32.1 Å². The Bertz CT molecular complexity index is 733. The Hall–Kier alpha value is -1.69. The molecule has 4 rings (SSSR count). The number of carbonyl (C=O) groups excluding carboxylic acids is 1. The van der Waals surface area contributed by atoms with Crippen molar-refractivity contribution in [1.82, 2.24) is 19.6 Å². The van der Waals surface area contributed by atoms with Crippen LogP contribution in [0.25, 0.3) is 0 Å². The van der Waals surface area contributed by atoms with Gasteiger partial charge in [0.05, 0.1) is 5.69 Å².